The van der Waals surface area contributed by atoms with Gasteiger partial charge in [0.1, 0.15) is 5.76 Å². The number of hydrogen-bond acceptors (Lipinski definition) is 7. The SMILES string of the molecule is COc1cc(C)c(NC(=O)CSCC(=O)Nc2cc(C)on2)cc1OC. The number of nitrogens with zero attached hydrogens (tertiary/aromatic N) is 1. The lowest BCUT2D eigenvalue weighted by Gasteiger charge is -2.13. The molecule has 1 aromatic carbocycles. The second-order valence-electron chi connectivity index (χ2n) is 5.43. The standard InChI is InChI=1S/C17H21N3O5S/c1-10-5-13(23-3)14(24-4)7-12(10)18-16(21)8-26-9-17(22)19-15-6-11(2)25-20-15/h5-7H,8-9H2,1-4H3,(H,18,21)(H,19,20,22). The number of nitrogens with one attached hydrogen (secondary N) is 2. The number of amides is 2. The monoisotopic (exact) mass is 379 g/mol. The summed E-state index contributed by atoms with van der Waals surface area (Å²) in [6.07, 6.45) is 0. The molecule has 0 saturated heterocycles. The second kappa shape index (κ2) is 9.14. The zero-order chi connectivity index (χ0) is 19.1. The number of ether oxygens (including phenoxy) is 2. The largest absolute Gasteiger partial charge is 0.493 e. The molecule has 26 heavy (non-hydrogen) atoms. The maximum absolute atomic E-state index is 12.1. The number of carbonyl (C=O) groups excluding carboxylic acids is 2. The molecule has 0 spiro atoms. The minimum absolute atomic E-state index is 0.129. The third-order valence-corrected chi connectivity index (χ3v) is 4.30. The Morgan fingerprint density at radius 1 is 1.04 bits per heavy atom. The summed E-state index contributed by atoms with van der Waals surface area (Å²) in [5.74, 6) is 1.90. The zero-order valence-corrected chi connectivity index (χ0v) is 15.9. The average molecular weight is 379 g/mol. The Hall–Kier alpha value is -2.68. The lowest BCUT2D eigenvalue weighted by atomic mass is 10.1. The van der Waals surface area contributed by atoms with Crippen LogP contribution in [0.25, 0.3) is 0 Å². The van der Waals surface area contributed by atoms with Gasteiger partial charge in [-0.15, -0.1) is 11.8 Å². The summed E-state index contributed by atoms with van der Waals surface area (Å²) in [5.41, 5.74) is 1.48. The molecule has 9 heteroatoms. The molecular weight excluding hydrogens is 358 g/mol. The number of thioether (sulfide) groups is 1. The van der Waals surface area contributed by atoms with E-state index in [1.165, 1.54) is 18.9 Å². The van der Waals surface area contributed by atoms with E-state index in [0.717, 1.165) is 5.56 Å². The zero-order valence-electron chi connectivity index (χ0n) is 15.0. The fourth-order valence-corrected chi connectivity index (χ4v) is 2.76. The molecule has 0 aliphatic carbocycles. The molecule has 2 rings (SSSR count). The Balaban J connectivity index is 1.82. The molecule has 1 aromatic heterocycles. The molecule has 140 valence electrons. The topological polar surface area (TPSA) is 103 Å². The van der Waals surface area contributed by atoms with Crippen LogP contribution in [0.2, 0.25) is 0 Å². The number of anilines is 2. The maximum atomic E-state index is 12.1. The van der Waals surface area contributed by atoms with Crippen LogP contribution < -0.4 is 20.1 Å². The van der Waals surface area contributed by atoms with E-state index in [1.54, 1.807) is 32.2 Å². The number of rotatable bonds is 8. The number of aromatic nitrogens is 1. The fourth-order valence-electron chi connectivity index (χ4n) is 2.14. The maximum Gasteiger partial charge on any atom is 0.235 e. The van der Waals surface area contributed by atoms with Crippen LogP contribution in [0.5, 0.6) is 11.5 Å². The number of aryl methyl sites for hydroxylation is 2. The number of carbonyl (C=O) groups is 2. The van der Waals surface area contributed by atoms with Gasteiger partial charge in [-0.25, -0.2) is 0 Å². The minimum Gasteiger partial charge on any atom is -0.493 e. The summed E-state index contributed by atoms with van der Waals surface area (Å²) in [4.78, 5) is 23.9. The summed E-state index contributed by atoms with van der Waals surface area (Å²) >= 11 is 1.20. The second-order valence-corrected chi connectivity index (χ2v) is 6.42. The summed E-state index contributed by atoms with van der Waals surface area (Å²) in [7, 11) is 3.08. The van der Waals surface area contributed by atoms with Gasteiger partial charge in [0.05, 0.1) is 25.7 Å². The van der Waals surface area contributed by atoms with E-state index in [2.05, 4.69) is 15.8 Å². The lowest BCUT2D eigenvalue weighted by Crippen LogP contribution is -2.19. The van der Waals surface area contributed by atoms with Crippen LogP contribution in [0, 0.1) is 13.8 Å². The van der Waals surface area contributed by atoms with Crippen molar-refractivity contribution in [1.29, 1.82) is 0 Å². The highest BCUT2D eigenvalue weighted by Gasteiger charge is 2.12. The van der Waals surface area contributed by atoms with E-state index in [-0.39, 0.29) is 23.3 Å². The van der Waals surface area contributed by atoms with Crippen molar-refractivity contribution in [2.75, 3.05) is 36.4 Å². The molecule has 0 atom stereocenters. The molecule has 0 saturated carbocycles. The van der Waals surface area contributed by atoms with Crippen molar-refractivity contribution in [2.24, 2.45) is 0 Å². The van der Waals surface area contributed by atoms with Crippen molar-refractivity contribution in [1.82, 2.24) is 5.16 Å². The van der Waals surface area contributed by atoms with Crippen LogP contribution in [-0.4, -0.2) is 42.7 Å². The summed E-state index contributed by atoms with van der Waals surface area (Å²) in [6.45, 7) is 3.59. The van der Waals surface area contributed by atoms with Gasteiger partial charge in [0.15, 0.2) is 17.3 Å². The molecule has 2 aromatic rings. The molecule has 0 radical (unpaired) electrons. The van der Waals surface area contributed by atoms with E-state index in [4.69, 9.17) is 14.0 Å². The van der Waals surface area contributed by atoms with E-state index < -0.39 is 0 Å². The highest BCUT2D eigenvalue weighted by molar-refractivity contribution is 8.00. The van der Waals surface area contributed by atoms with Gasteiger partial charge in [0.2, 0.25) is 11.8 Å². The van der Waals surface area contributed by atoms with E-state index >= 15 is 0 Å². The molecule has 0 aliphatic rings. The molecule has 2 amide bonds. The summed E-state index contributed by atoms with van der Waals surface area (Å²) in [5, 5.41) is 9.08. The Bertz CT molecular complexity index is 791. The fraction of sp³-hybridized carbons (Fsp3) is 0.353. The van der Waals surface area contributed by atoms with Crippen molar-refractivity contribution in [3.8, 4) is 11.5 Å². The van der Waals surface area contributed by atoms with Gasteiger partial charge in [-0.3, -0.25) is 9.59 Å². The van der Waals surface area contributed by atoms with Crippen LogP contribution in [-0.2, 0) is 9.59 Å². The smallest absolute Gasteiger partial charge is 0.235 e. The third-order valence-electron chi connectivity index (χ3n) is 3.37. The molecule has 0 bridgehead atoms. The quantitative estimate of drug-likeness (QED) is 0.727. The van der Waals surface area contributed by atoms with Gasteiger partial charge in [0.25, 0.3) is 0 Å². The van der Waals surface area contributed by atoms with Crippen LogP contribution in [0.1, 0.15) is 11.3 Å². The van der Waals surface area contributed by atoms with E-state index in [9.17, 15) is 9.59 Å². The van der Waals surface area contributed by atoms with Crippen molar-refractivity contribution < 1.29 is 23.6 Å². The van der Waals surface area contributed by atoms with Crippen LogP contribution in [0.15, 0.2) is 22.7 Å². The molecule has 0 aliphatic heterocycles. The van der Waals surface area contributed by atoms with Crippen molar-refractivity contribution in [2.45, 2.75) is 13.8 Å². The first-order chi connectivity index (χ1) is 12.4. The average Bonchev–Trinajstić information content (AvgIpc) is 3.00. The molecule has 0 fully saturated rings. The normalized spacial score (nSPS) is 10.3. The van der Waals surface area contributed by atoms with Gasteiger partial charge in [-0.2, -0.15) is 0 Å². The summed E-state index contributed by atoms with van der Waals surface area (Å²) < 4.78 is 15.3. The first-order valence-corrected chi connectivity index (χ1v) is 8.91. The Labute approximate surface area is 155 Å². The van der Waals surface area contributed by atoms with Crippen molar-refractivity contribution in [3.63, 3.8) is 0 Å². The van der Waals surface area contributed by atoms with Gasteiger partial charge in [-0.05, 0) is 25.5 Å². The predicted molar refractivity (Wildman–Crippen MR) is 100 cm³/mol. The first-order valence-electron chi connectivity index (χ1n) is 7.76. The van der Waals surface area contributed by atoms with Crippen LogP contribution >= 0.6 is 11.8 Å². The molecule has 2 N–H and O–H groups in total. The predicted octanol–water partition coefficient (Wildman–Crippen LogP) is 2.62. The van der Waals surface area contributed by atoms with Gasteiger partial charge < -0.3 is 24.6 Å². The van der Waals surface area contributed by atoms with E-state index in [1.807, 2.05) is 6.92 Å². The molecule has 0 unspecified atom stereocenters. The molecular formula is C17H21N3O5S. The van der Waals surface area contributed by atoms with Gasteiger partial charge in [0, 0.05) is 17.8 Å². The highest BCUT2D eigenvalue weighted by atomic mass is 32.2. The van der Waals surface area contributed by atoms with Crippen LogP contribution in [0.3, 0.4) is 0 Å². The Kier molecular flexibility index (Phi) is 6.90. The van der Waals surface area contributed by atoms with Crippen molar-refractivity contribution >= 4 is 35.1 Å². The van der Waals surface area contributed by atoms with Crippen molar-refractivity contribution in [3.05, 3.63) is 29.5 Å². The Morgan fingerprint density at radius 3 is 2.23 bits per heavy atom. The summed E-state index contributed by atoms with van der Waals surface area (Å²) in [6, 6.07) is 5.11. The molecule has 8 nitrogen and oxygen atoms in total. The molecule has 1 heterocycles. The number of methoxy groups -OCH3 is 2. The Morgan fingerprint density at radius 2 is 1.65 bits per heavy atom. The number of benzene rings is 1. The highest BCUT2D eigenvalue weighted by Crippen LogP contribution is 2.32. The minimum atomic E-state index is -0.251. The first kappa shape index (κ1) is 19.6. The van der Waals surface area contributed by atoms with Gasteiger partial charge in [-0.1, -0.05) is 5.16 Å². The van der Waals surface area contributed by atoms with Crippen LogP contribution in [0.4, 0.5) is 11.5 Å². The van der Waals surface area contributed by atoms with E-state index in [0.29, 0.717) is 28.8 Å². The van der Waals surface area contributed by atoms with Gasteiger partial charge >= 0.3 is 0 Å². The third kappa shape index (κ3) is 5.41. The lowest BCUT2D eigenvalue weighted by molar-refractivity contribution is -0.114. The number of hydrogen-bond donors (Lipinski definition) is 2.